The largest absolute Gasteiger partial charge is 0.444 e. The van der Waals surface area contributed by atoms with Crippen molar-refractivity contribution in [3.05, 3.63) is 0 Å². The Labute approximate surface area is 108 Å². The maximum Gasteiger partial charge on any atom is 0.410 e. The van der Waals surface area contributed by atoms with Crippen LogP contribution in [0, 0.1) is 0 Å². The summed E-state index contributed by atoms with van der Waals surface area (Å²) in [4.78, 5) is 13.3. The number of hydrogen-bond acceptors (Lipinski definition) is 5. The molecular formula is C12H23N3O3. The van der Waals surface area contributed by atoms with Gasteiger partial charge in [0.1, 0.15) is 11.2 Å². The van der Waals surface area contributed by atoms with Crippen molar-refractivity contribution in [2.24, 2.45) is 0 Å². The third-order valence-electron chi connectivity index (χ3n) is 3.27. The quantitative estimate of drug-likeness (QED) is 0.592. The average Bonchev–Trinajstić information content (AvgIpc) is 2.23. The van der Waals surface area contributed by atoms with Crippen LogP contribution in [0.1, 0.15) is 20.8 Å². The molecule has 2 fully saturated rings. The molecule has 0 spiro atoms. The van der Waals surface area contributed by atoms with E-state index in [1.807, 2.05) is 20.8 Å². The van der Waals surface area contributed by atoms with Gasteiger partial charge in [-0.3, -0.25) is 0 Å². The van der Waals surface area contributed by atoms with Crippen LogP contribution in [0.2, 0.25) is 0 Å². The first-order chi connectivity index (χ1) is 8.30. The highest BCUT2D eigenvalue weighted by Crippen LogP contribution is 2.26. The minimum atomic E-state index is -0.829. The Balaban J connectivity index is 1.83. The van der Waals surface area contributed by atoms with Crippen LogP contribution in [-0.2, 0) is 4.74 Å². The van der Waals surface area contributed by atoms with Gasteiger partial charge in [0.05, 0.1) is 19.1 Å². The number of β-amino-alcohol motifs (C(OH)–C–C–N with tert-alkyl or cyclic N) is 1. The van der Waals surface area contributed by atoms with Gasteiger partial charge in [-0.1, -0.05) is 0 Å². The lowest BCUT2D eigenvalue weighted by molar-refractivity contribution is -0.119. The van der Waals surface area contributed by atoms with Crippen molar-refractivity contribution in [3.63, 3.8) is 0 Å². The van der Waals surface area contributed by atoms with Gasteiger partial charge < -0.3 is 25.4 Å². The molecule has 0 saturated carbocycles. The zero-order valence-electron chi connectivity index (χ0n) is 11.3. The molecule has 0 aromatic rings. The van der Waals surface area contributed by atoms with E-state index in [2.05, 4.69) is 10.6 Å². The first-order valence-corrected chi connectivity index (χ1v) is 6.45. The second kappa shape index (κ2) is 4.68. The lowest BCUT2D eigenvalue weighted by Gasteiger charge is -2.51. The van der Waals surface area contributed by atoms with Gasteiger partial charge in [-0.05, 0) is 20.8 Å². The van der Waals surface area contributed by atoms with Gasteiger partial charge in [0.25, 0.3) is 0 Å². The smallest absolute Gasteiger partial charge is 0.410 e. The minimum absolute atomic E-state index is 0.00457. The summed E-state index contributed by atoms with van der Waals surface area (Å²) in [5.41, 5.74) is -1.32. The topological polar surface area (TPSA) is 73.8 Å². The van der Waals surface area contributed by atoms with E-state index >= 15 is 0 Å². The summed E-state index contributed by atoms with van der Waals surface area (Å²) in [6, 6.07) is 0.00457. The molecule has 6 nitrogen and oxygen atoms in total. The van der Waals surface area contributed by atoms with Gasteiger partial charge in [0, 0.05) is 19.6 Å². The van der Waals surface area contributed by atoms with E-state index in [-0.39, 0.29) is 12.1 Å². The summed E-state index contributed by atoms with van der Waals surface area (Å²) in [5, 5.41) is 16.9. The summed E-state index contributed by atoms with van der Waals surface area (Å²) < 4.78 is 5.26. The maximum absolute atomic E-state index is 11.8. The molecule has 0 aromatic carbocycles. The molecule has 18 heavy (non-hydrogen) atoms. The van der Waals surface area contributed by atoms with E-state index in [4.69, 9.17) is 4.74 Å². The number of ether oxygens (including phenoxy) is 1. The van der Waals surface area contributed by atoms with Crippen LogP contribution in [0.25, 0.3) is 0 Å². The fourth-order valence-corrected chi connectivity index (χ4v) is 2.32. The van der Waals surface area contributed by atoms with E-state index < -0.39 is 11.2 Å². The van der Waals surface area contributed by atoms with Crippen molar-refractivity contribution >= 4 is 6.09 Å². The van der Waals surface area contributed by atoms with Crippen LogP contribution in [-0.4, -0.2) is 66.1 Å². The first kappa shape index (κ1) is 13.6. The molecule has 1 atom stereocenters. The molecule has 0 radical (unpaired) electrons. The predicted octanol–water partition coefficient (Wildman–Crippen LogP) is -0.470. The monoisotopic (exact) mass is 257 g/mol. The second-order valence-electron chi connectivity index (χ2n) is 6.15. The third kappa shape index (κ3) is 2.93. The number of amides is 1. The molecule has 2 aliphatic heterocycles. The number of rotatable bonds is 1. The van der Waals surface area contributed by atoms with Crippen molar-refractivity contribution in [2.75, 3.05) is 32.7 Å². The zero-order valence-corrected chi connectivity index (χ0v) is 11.3. The van der Waals surface area contributed by atoms with Crippen molar-refractivity contribution in [1.29, 1.82) is 0 Å². The van der Waals surface area contributed by atoms with Gasteiger partial charge in [0.15, 0.2) is 0 Å². The van der Waals surface area contributed by atoms with Crippen molar-refractivity contribution < 1.29 is 14.6 Å². The number of carbonyl (C=O) groups is 1. The summed E-state index contributed by atoms with van der Waals surface area (Å²) in [5.74, 6) is 0. The fourth-order valence-electron chi connectivity index (χ4n) is 2.32. The van der Waals surface area contributed by atoms with E-state index in [0.717, 1.165) is 19.6 Å². The van der Waals surface area contributed by atoms with Crippen molar-refractivity contribution in [3.8, 4) is 0 Å². The Bertz CT molecular complexity index is 315. The Morgan fingerprint density at radius 2 is 2.06 bits per heavy atom. The van der Waals surface area contributed by atoms with Crippen LogP contribution >= 0.6 is 0 Å². The highest BCUT2D eigenvalue weighted by Gasteiger charge is 2.50. The molecule has 2 heterocycles. The molecule has 2 aliphatic rings. The van der Waals surface area contributed by atoms with E-state index in [1.54, 1.807) is 4.90 Å². The number of hydrogen-bond donors (Lipinski definition) is 3. The predicted molar refractivity (Wildman–Crippen MR) is 67.4 cm³/mol. The molecule has 6 heteroatoms. The molecule has 104 valence electrons. The molecule has 0 bridgehead atoms. The van der Waals surface area contributed by atoms with Crippen LogP contribution in [0.4, 0.5) is 4.79 Å². The number of likely N-dealkylation sites (tertiary alicyclic amines) is 1. The maximum atomic E-state index is 11.8. The van der Waals surface area contributed by atoms with E-state index in [0.29, 0.717) is 13.1 Å². The zero-order chi connectivity index (χ0) is 13.4. The van der Waals surface area contributed by atoms with Gasteiger partial charge in [-0.25, -0.2) is 4.79 Å². The minimum Gasteiger partial charge on any atom is -0.444 e. The Kier molecular flexibility index (Phi) is 3.53. The molecule has 0 aromatic heterocycles. The summed E-state index contributed by atoms with van der Waals surface area (Å²) >= 11 is 0. The van der Waals surface area contributed by atoms with Gasteiger partial charge in [-0.2, -0.15) is 0 Å². The highest BCUT2D eigenvalue weighted by molar-refractivity contribution is 5.69. The molecule has 2 rings (SSSR count). The standard InChI is InChI=1S/C12H23N3O3/c1-11(2,3)18-10(16)15-7-12(17,8-15)9-6-13-4-5-14-9/h9,13-14,17H,4-8H2,1-3H3. The third-order valence-corrected chi connectivity index (χ3v) is 3.27. The Morgan fingerprint density at radius 3 is 2.56 bits per heavy atom. The molecule has 3 N–H and O–H groups in total. The summed E-state index contributed by atoms with van der Waals surface area (Å²) in [7, 11) is 0. The van der Waals surface area contributed by atoms with Gasteiger partial charge >= 0.3 is 6.09 Å². The van der Waals surface area contributed by atoms with Crippen LogP contribution in [0.3, 0.4) is 0 Å². The van der Waals surface area contributed by atoms with Gasteiger partial charge in [0.2, 0.25) is 0 Å². The van der Waals surface area contributed by atoms with Crippen molar-refractivity contribution in [1.82, 2.24) is 15.5 Å². The van der Waals surface area contributed by atoms with Crippen molar-refractivity contribution in [2.45, 2.75) is 38.0 Å². The highest BCUT2D eigenvalue weighted by atomic mass is 16.6. The summed E-state index contributed by atoms with van der Waals surface area (Å²) in [6.45, 7) is 8.68. The number of aliphatic hydroxyl groups is 1. The number of piperazine rings is 1. The SMILES string of the molecule is CC(C)(C)OC(=O)N1CC(O)(C2CNCCN2)C1. The second-order valence-corrected chi connectivity index (χ2v) is 6.15. The van der Waals surface area contributed by atoms with Crippen LogP contribution in [0.5, 0.6) is 0 Å². The van der Waals surface area contributed by atoms with Crippen LogP contribution in [0.15, 0.2) is 0 Å². The summed E-state index contributed by atoms with van der Waals surface area (Å²) in [6.07, 6.45) is -0.351. The Hall–Kier alpha value is -0.850. The number of carbonyl (C=O) groups excluding carboxylic acids is 1. The van der Waals surface area contributed by atoms with Crippen LogP contribution < -0.4 is 10.6 Å². The fraction of sp³-hybridized carbons (Fsp3) is 0.917. The molecular weight excluding hydrogens is 234 g/mol. The molecule has 1 unspecified atom stereocenters. The lowest BCUT2D eigenvalue weighted by Crippen LogP contribution is -2.74. The molecule has 2 saturated heterocycles. The normalized spacial score (nSPS) is 27.6. The lowest BCUT2D eigenvalue weighted by atomic mass is 9.85. The van der Waals surface area contributed by atoms with Gasteiger partial charge in [-0.15, -0.1) is 0 Å². The molecule has 0 aliphatic carbocycles. The molecule has 1 amide bonds. The first-order valence-electron chi connectivity index (χ1n) is 6.45. The Morgan fingerprint density at radius 1 is 1.39 bits per heavy atom. The number of nitrogens with zero attached hydrogens (tertiary/aromatic N) is 1. The number of nitrogens with one attached hydrogen (secondary N) is 2. The average molecular weight is 257 g/mol. The van der Waals surface area contributed by atoms with E-state index in [9.17, 15) is 9.90 Å². The van der Waals surface area contributed by atoms with E-state index in [1.165, 1.54) is 0 Å².